The lowest BCUT2D eigenvalue weighted by Crippen LogP contribution is -1.90. The van der Waals surface area contributed by atoms with E-state index in [1.807, 2.05) is 36.4 Å². The standard InChI is InChI=1S/C29H16N4S2/c30-16-22-3-1-5-28(26(22)18-32)34-24-11-7-20(8-12-24)15-21-9-13-25(14-10-21)35-29-6-2-4-23(17-31)27(29)19-33/h1-14H,15H2. The van der Waals surface area contributed by atoms with Crippen LogP contribution >= 0.6 is 23.5 Å². The Hall–Kier alpha value is -4.46. The third-order valence-electron chi connectivity index (χ3n) is 5.23. The van der Waals surface area contributed by atoms with Gasteiger partial charge < -0.3 is 0 Å². The molecule has 4 aromatic rings. The molecule has 4 nitrogen and oxygen atoms in total. The van der Waals surface area contributed by atoms with Crippen molar-refractivity contribution in [2.45, 2.75) is 26.0 Å². The Morgan fingerprint density at radius 2 is 0.886 bits per heavy atom. The first kappa shape index (κ1) is 23.7. The minimum absolute atomic E-state index is 0.386. The molecule has 0 aliphatic heterocycles. The van der Waals surface area contributed by atoms with Crippen molar-refractivity contribution < 1.29 is 0 Å². The molecule has 4 aromatic carbocycles. The van der Waals surface area contributed by atoms with Crippen LogP contribution in [0, 0.1) is 45.3 Å². The quantitative estimate of drug-likeness (QED) is 0.290. The molecule has 0 saturated carbocycles. The van der Waals surface area contributed by atoms with Crippen molar-refractivity contribution in [2.24, 2.45) is 0 Å². The first-order chi connectivity index (χ1) is 17.1. The minimum atomic E-state index is 0.386. The summed E-state index contributed by atoms with van der Waals surface area (Å²) in [7, 11) is 0. The molecule has 0 amide bonds. The Balaban J connectivity index is 1.43. The SMILES string of the molecule is N#Cc1cccc(Sc2ccc(Cc3ccc(Sc4cccc(C#N)c4C#N)cc3)cc2)c1C#N. The lowest BCUT2D eigenvalue weighted by Gasteiger charge is -2.08. The second kappa shape index (κ2) is 11.1. The highest BCUT2D eigenvalue weighted by molar-refractivity contribution is 7.99. The third-order valence-corrected chi connectivity index (χ3v) is 7.36. The van der Waals surface area contributed by atoms with E-state index in [0.717, 1.165) is 37.1 Å². The fourth-order valence-electron chi connectivity index (χ4n) is 3.49. The summed E-state index contributed by atoms with van der Waals surface area (Å²) in [6.07, 6.45) is 0.774. The molecule has 0 aromatic heterocycles. The fourth-order valence-corrected chi connectivity index (χ4v) is 5.35. The summed E-state index contributed by atoms with van der Waals surface area (Å²) in [6.45, 7) is 0. The molecule has 164 valence electrons. The van der Waals surface area contributed by atoms with Gasteiger partial charge in [0.2, 0.25) is 0 Å². The van der Waals surface area contributed by atoms with Crippen molar-refractivity contribution in [1.82, 2.24) is 0 Å². The topological polar surface area (TPSA) is 95.2 Å². The van der Waals surface area contributed by atoms with Gasteiger partial charge in [0.15, 0.2) is 0 Å². The number of benzene rings is 4. The maximum Gasteiger partial charge on any atom is 0.102 e. The first-order valence-electron chi connectivity index (χ1n) is 10.5. The predicted molar refractivity (Wildman–Crippen MR) is 136 cm³/mol. The predicted octanol–water partition coefficient (Wildman–Crippen LogP) is 7.07. The van der Waals surface area contributed by atoms with Crippen molar-refractivity contribution in [2.75, 3.05) is 0 Å². The van der Waals surface area contributed by atoms with Gasteiger partial charge in [0, 0.05) is 19.6 Å². The van der Waals surface area contributed by atoms with Crippen molar-refractivity contribution >= 4 is 23.5 Å². The molecule has 6 heteroatoms. The number of nitrogens with zero attached hydrogens (tertiary/aromatic N) is 4. The van der Waals surface area contributed by atoms with E-state index >= 15 is 0 Å². The van der Waals surface area contributed by atoms with E-state index in [2.05, 4.69) is 48.5 Å². The number of nitriles is 4. The number of rotatable bonds is 6. The lowest BCUT2D eigenvalue weighted by atomic mass is 10.1. The highest BCUT2D eigenvalue weighted by atomic mass is 32.2. The molecule has 35 heavy (non-hydrogen) atoms. The molecule has 0 spiro atoms. The summed E-state index contributed by atoms with van der Waals surface area (Å²) in [4.78, 5) is 3.54. The van der Waals surface area contributed by atoms with Gasteiger partial charge in [-0.3, -0.25) is 0 Å². The zero-order valence-electron chi connectivity index (χ0n) is 18.4. The summed E-state index contributed by atoms with van der Waals surface area (Å²) >= 11 is 2.94. The Morgan fingerprint density at radius 3 is 1.23 bits per heavy atom. The first-order valence-corrected chi connectivity index (χ1v) is 12.2. The van der Waals surface area contributed by atoms with Crippen LogP contribution in [0.3, 0.4) is 0 Å². The molecule has 0 fully saturated rings. The van der Waals surface area contributed by atoms with Gasteiger partial charge in [-0.15, -0.1) is 0 Å². The monoisotopic (exact) mass is 484 g/mol. The molecule has 0 radical (unpaired) electrons. The smallest absolute Gasteiger partial charge is 0.102 e. The van der Waals surface area contributed by atoms with Crippen LogP contribution in [0.15, 0.2) is 105 Å². The maximum atomic E-state index is 9.43. The summed E-state index contributed by atoms with van der Waals surface area (Å²) < 4.78 is 0. The molecule has 0 aliphatic carbocycles. The van der Waals surface area contributed by atoms with E-state index in [4.69, 9.17) is 0 Å². The van der Waals surface area contributed by atoms with Crippen molar-refractivity contribution in [3.05, 3.63) is 118 Å². The van der Waals surface area contributed by atoms with Crippen LogP contribution in [-0.2, 0) is 6.42 Å². The van der Waals surface area contributed by atoms with Crippen LogP contribution < -0.4 is 0 Å². The van der Waals surface area contributed by atoms with Gasteiger partial charge >= 0.3 is 0 Å². The van der Waals surface area contributed by atoms with E-state index in [-0.39, 0.29) is 0 Å². The van der Waals surface area contributed by atoms with Crippen molar-refractivity contribution in [3.63, 3.8) is 0 Å². The van der Waals surface area contributed by atoms with Crippen molar-refractivity contribution in [1.29, 1.82) is 21.0 Å². The largest absolute Gasteiger partial charge is 0.192 e. The molecule has 0 saturated heterocycles. The van der Waals surface area contributed by atoms with Gasteiger partial charge in [-0.05, 0) is 66.1 Å². The molecule has 0 heterocycles. The van der Waals surface area contributed by atoms with Gasteiger partial charge in [0.25, 0.3) is 0 Å². The molecule has 0 aliphatic rings. The molecule has 0 bridgehead atoms. The van der Waals surface area contributed by atoms with Gasteiger partial charge in [0.05, 0.1) is 22.3 Å². The Bertz CT molecular complexity index is 1430. The second-order valence-corrected chi connectivity index (χ2v) is 9.70. The summed E-state index contributed by atoms with van der Waals surface area (Å²) in [5, 5.41) is 37.3. The lowest BCUT2D eigenvalue weighted by molar-refractivity contribution is 1.17. The highest BCUT2D eigenvalue weighted by Gasteiger charge is 2.10. The molecule has 4 rings (SSSR count). The van der Waals surface area contributed by atoms with Crippen LogP contribution in [0.2, 0.25) is 0 Å². The average Bonchev–Trinajstić information content (AvgIpc) is 2.90. The summed E-state index contributed by atoms with van der Waals surface area (Å²) in [5.74, 6) is 0. The Labute approximate surface area is 212 Å². The van der Waals surface area contributed by atoms with Gasteiger partial charge in [-0.2, -0.15) is 21.0 Å². The Morgan fingerprint density at radius 1 is 0.486 bits per heavy atom. The van der Waals surface area contributed by atoms with Crippen LogP contribution in [0.5, 0.6) is 0 Å². The maximum absolute atomic E-state index is 9.43. The molecule has 0 N–H and O–H groups in total. The van der Waals surface area contributed by atoms with E-state index in [9.17, 15) is 21.0 Å². The van der Waals surface area contributed by atoms with E-state index in [0.29, 0.717) is 22.3 Å². The highest BCUT2D eigenvalue weighted by Crippen LogP contribution is 2.33. The molecule has 0 unspecified atom stereocenters. The van der Waals surface area contributed by atoms with Gasteiger partial charge in [-0.25, -0.2) is 0 Å². The molecular weight excluding hydrogens is 468 g/mol. The summed E-state index contributed by atoms with van der Waals surface area (Å²) in [6, 6.07) is 35.4. The van der Waals surface area contributed by atoms with Gasteiger partial charge in [-0.1, -0.05) is 59.9 Å². The average molecular weight is 485 g/mol. The van der Waals surface area contributed by atoms with E-state index in [1.54, 1.807) is 24.3 Å². The van der Waals surface area contributed by atoms with E-state index < -0.39 is 0 Å². The Kier molecular flexibility index (Phi) is 7.52. The molecular formula is C29H16N4S2. The van der Waals surface area contributed by atoms with Crippen LogP contribution in [-0.4, -0.2) is 0 Å². The zero-order chi connectivity index (χ0) is 24.6. The van der Waals surface area contributed by atoms with Crippen LogP contribution in [0.4, 0.5) is 0 Å². The molecule has 0 atom stereocenters. The van der Waals surface area contributed by atoms with Crippen LogP contribution in [0.25, 0.3) is 0 Å². The number of hydrogen-bond donors (Lipinski definition) is 0. The third kappa shape index (κ3) is 5.55. The van der Waals surface area contributed by atoms with Crippen LogP contribution in [0.1, 0.15) is 33.4 Å². The van der Waals surface area contributed by atoms with E-state index in [1.165, 1.54) is 23.5 Å². The van der Waals surface area contributed by atoms with Crippen molar-refractivity contribution in [3.8, 4) is 24.3 Å². The number of hydrogen-bond acceptors (Lipinski definition) is 6. The summed E-state index contributed by atoms with van der Waals surface area (Å²) in [5.41, 5.74) is 3.91. The minimum Gasteiger partial charge on any atom is -0.192 e. The zero-order valence-corrected chi connectivity index (χ0v) is 20.0. The normalized spacial score (nSPS) is 9.94. The fraction of sp³-hybridized carbons (Fsp3) is 0.0345. The second-order valence-electron chi connectivity index (χ2n) is 7.47. The van der Waals surface area contributed by atoms with Gasteiger partial charge in [0.1, 0.15) is 24.3 Å².